The lowest BCUT2D eigenvalue weighted by molar-refractivity contribution is -0.385. The largest absolute Gasteiger partial charge is 0.495 e. The van der Waals surface area contributed by atoms with Crippen molar-refractivity contribution >= 4 is 21.6 Å². The molecule has 1 heterocycles. The van der Waals surface area contributed by atoms with Gasteiger partial charge in [0.05, 0.1) is 12.0 Å². The normalized spacial score (nSPS) is 16.9. The lowest BCUT2D eigenvalue weighted by Crippen LogP contribution is -2.41. The molecule has 0 atom stereocenters. The van der Waals surface area contributed by atoms with Crippen LogP contribution in [0.1, 0.15) is 12.8 Å². The Morgan fingerprint density at radius 2 is 2.00 bits per heavy atom. The molecule has 9 nitrogen and oxygen atoms in total. The highest BCUT2D eigenvalue weighted by Crippen LogP contribution is 2.32. The first kappa shape index (κ1) is 17.2. The number of nitro groups is 1. The predicted molar refractivity (Wildman–Crippen MR) is 80.3 cm³/mol. The molecule has 0 radical (unpaired) electrons. The molecule has 23 heavy (non-hydrogen) atoms. The van der Waals surface area contributed by atoms with Crippen LogP contribution in [0, 0.1) is 16.0 Å². The molecule has 0 spiro atoms. The predicted octanol–water partition coefficient (Wildman–Crippen LogP) is 0.489. The number of nitrogens with two attached hydrogens (primary N) is 1. The van der Waals surface area contributed by atoms with Crippen LogP contribution < -0.4 is 10.5 Å². The molecule has 0 aromatic heterocycles. The number of piperidine rings is 1. The van der Waals surface area contributed by atoms with Gasteiger partial charge in [0.2, 0.25) is 15.9 Å². The van der Waals surface area contributed by atoms with Gasteiger partial charge in [0.15, 0.2) is 0 Å². The van der Waals surface area contributed by atoms with Crippen molar-refractivity contribution in [1.29, 1.82) is 0 Å². The standard InChI is InChI=1S/C13H17N3O6S/c1-22-11-3-2-10(16(18)19)8-12(11)23(20,21)15-6-4-9(5-7-15)13(14)17/h2-3,8-9H,4-7H2,1H3,(H2,14,17). The van der Waals surface area contributed by atoms with Crippen molar-refractivity contribution in [3.8, 4) is 5.75 Å². The summed E-state index contributed by atoms with van der Waals surface area (Å²) in [6, 6.07) is 3.41. The lowest BCUT2D eigenvalue weighted by Gasteiger charge is -2.30. The Balaban J connectivity index is 2.34. The number of carbonyl (C=O) groups is 1. The average molecular weight is 343 g/mol. The summed E-state index contributed by atoms with van der Waals surface area (Å²) in [4.78, 5) is 21.1. The molecule has 0 saturated carbocycles. The SMILES string of the molecule is COc1ccc([N+](=O)[O-])cc1S(=O)(=O)N1CCC(C(N)=O)CC1. The highest BCUT2D eigenvalue weighted by atomic mass is 32.2. The van der Waals surface area contributed by atoms with Gasteiger partial charge in [-0.1, -0.05) is 0 Å². The number of benzene rings is 1. The van der Waals surface area contributed by atoms with Crippen LogP contribution in [0.15, 0.2) is 23.1 Å². The van der Waals surface area contributed by atoms with E-state index in [1.807, 2.05) is 0 Å². The van der Waals surface area contributed by atoms with E-state index in [4.69, 9.17) is 10.5 Å². The van der Waals surface area contributed by atoms with Crippen LogP contribution in [-0.4, -0.2) is 43.8 Å². The molecule has 1 amide bonds. The quantitative estimate of drug-likeness (QED) is 0.611. The van der Waals surface area contributed by atoms with Crippen molar-refractivity contribution in [2.75, 3.05) is 20.2 Å². The Labute approximate surface area is 133 Å². The molecule has 1 aliphatic heterocycles. The minimum atomic E-state index is -3.96. The number of ether oxygens (including phenoxy) is 1. The fraction of sp³-hybridized carbons (Fsp3) is 0.462. The lowest BCUT2D eigenvalue weighted by atomic mass is 9.98. The van der Waals surface area contributed by atoms with Gasteiger partial charge >= 0.3 is 0 Å². The van der Waals surface area contributed by atoms with E-state index >= 15 is 0 Å². The number of amides is 1. The van der Waals surface area contributed by atoms with Crippen molar-refractivity contribution in [3.63, 3.8) is 0 Å². The summed E-state index contributed by atoms with van der Waals surface area (Å²) >= 11 is 0. The molecule has 1 aromatic carbocycles. The zero-order chi connectivity index (χ0) is 17.2. The third kappa shape index (κ3) is 3.42. The summed E-state index contributed by atoms with van der Waals surface area (Å²) in [6.07, 6.45) is 0.650. The second kappa shape index (κ2) is 6.50. The van der Waals surface area contributed by atoms with Crippen LogP contribution in [0.4, 0.5) is 5.69 Å². The Kier molecular flexibility index (Phi) is 4.85. The van der Waals surface area contributed by atoms with Crippen molar-refractivity contribution in [2.45, 2.75) is 17.7 Å². The first-order valence-electron chi connectivity index (χ1n) is 6.89. The smallest absolute Gasteiger partial charge is 0.271 e. The fourth-order valence-corrected chi connectivity index (χ4v) is 4.15. The summed E-state index contributed by atoms with van der Waals surface area (Å²) in [5, 5.41) is 10.9. The summed E-state index contributed by atoms with van der Waals surface area (Å²) < 4.78 is 31.7. The van der Waals surface area contributed by atoms with Crippen LogP contribution >= 0.6 is 0 Å². The van der Waals surface area contributed by atoms with Crippen molar-refractivity contribution < 1.29 is 22.9 Å². The highest BCUT2D eigenvalue weighted by molar-refractivity contribution is 7.89. The number of non-ortho nitro benzene ring substituents is 1. The minimum absolute atomic E-state index is 0.0348. The summed E-state index contributed by atoms with van der Waals surface area (Å²) in [5.74, 6) is -0.768. The number of sulfonamides is 1. The van der Waals surface area contributed by atoms with E-state index in [-0.39, 0.29) is 35.3 Å². The van der Waals surface area contributed by atoms with Crippen molar-refractivity contribution in [2.24, 2.45) is 11.7 Å². The monoisotopic (exact) mass is 343 g/mol. The topological polar surface area (TPSA) is 133 Å². The molecule has 0 aliphatic carbocycles. The van der Waals surface area contributed by atoms with E-state index in [0.29, 0.717) is 12.8 Å². The Morgan fingerprint density at radius 1 is 1.39 bits per heavy atom. The van der Waals surface area contributed by atoms with Gasteiger partial charge in [-0.3, -0.25) is 14.9 Å². The van der Waals surface area contributed by atoms with E-state index in [1.54, 1.807) is 0 Å². The van der Waals surface area contributed by atoms with Gasteiger partial charge in [0, 0.05) is 31.1 Å². The number of methoxy groups -OCH3 is 1. The number of hydrogen-bond acceptors (Lipinski definition) is 6. The van der Waals surface area contributed by atoms with E-state index < -0.39 is 20.9 Å². The number of primary amides is 1. The van der Waals surface area contributed by atoms with E-state index in [2.05, 4.69) is 0 Å². The van der Waals surface area contributed by atoms with Crippen LogP contribution in [0.5, 0.6) is 5.75 Å². The van der Waals surface area contributed by atoms with Crippen LogP contribution in [0.25, 0.3) is 0 Å². The average Bonchev–Trinajstić information content (AvgIpc) is 2.54. The molecular formula is C13H17N3O6S. The second-order valence-corrected chi connectivity index (χ2v) is 7.08. The number of nitrogens with zero attached hydrogens (tertiary/aromatic N) is 2. The van der Waals surface area contributed by atoms with Gasteiger partial charge in [-0.2, -0.15) is 4.31 Å². The molecule has 1 aromatic rings. The maximum absolute atomic E-state index is 12.7. The second-order valence-electron chi connectivity index (χ2n) is 5.17. The highest BCUT2D eigenvalue weighted by Gasteiger charge is 2.34. The van der Waals surface area contributed by atoms with Gasteiger partial charge in [-0.25, -0.2) is 8.42 Å². The van der Waals surface area contributed by atoms with E-state index in [0.717, 1.165) is 6.07 Å². The number of rotatable bonds is 5. The number of carbonyl (C=O) groups excluding carboxylic acids is 1. The molecule has 2 N–H and O–H groups in total. The van der Waals surface area contributed by atoms with E-state index in [1.165, 1.54) is 23.5 Å². The van der Waals surface area contributed by atoms with Crippen molar-refractivity contribution in [1.82, 2.24) is 4.31 Å². The minimum Gasteiger partial charge on any atom is -0.495 e. The fourth-order valence-electron chi connectivity index (χ4n) is 2.50. The van der Waals surface area contributed by atoms with Crippen LogP contribution in [-0.2, 0) is 14.8 Å². The molecule has 126 valence electrons. The van der Waals surface area contributed by atoms with Crippen LogP contribution in [0.3, 0.4) is 0 Å². The van der Waals surface area contributed by atoms with Gasteiger partial charge in [-0.15, -0.1) is 0 Å². The third-order valence-electron chi connectivity index (χ3n) is 3.83. The molecule has 1 aliphatic rings. The van der Waals surface area contributed by atoms with Gasteiger partial charge in [-0.05, 0) is 18.9 Å². The molecule has 1 fully saturated rings. The van der Waals surface area contributed by atoms with Gasteiger partial charge in [0.25, 0.3) is 5.69 Å². The molecule has 2 rings (SSSR count). The Morgan fingerprint density at radius 3 is 2.48 bits per heavy atom. The molecule has 0 unspecified atom stereocenters. The zero-order valence-corrected chi connectivity index (χ0v) is 13.3. The summed E-state index contributed by atoms with van der Waals surface area (Å²) in [7, 11) is -2.67. The van der Waals surface area contributed by atoms with E-state index in [9.17, 15) is 23.3 Å². The Bertz CT molecular complexity index is 725. The number of hydrogen-bond donors (Lipinski definition) is 1. The Hall–Kier alpha value is -2.20. The maximum Gasteiger partial charge on any atom is 0.271 e. The summed E-state index contributed by atoms with van der Waals surface area (Å²) in [6.45, 7) is 0.254. The maximum atomic E-state index is 12.7. The number of nitro benzene ring substituents is 1. The van der Waals surface area contributed by atoms with Gasteiger partial charge < -0.3 is 10.5 Å². The molecular weight excluding hydrogens is 326 g/mol. The molecule has 0 bridgehead atoms. The zero-order valence-electron chi connectivity index (χ0n) is 12.5. The van der Waals surface area contributed by atoms with Crippen molar-refractivity contribution in [3.05, 3.63) is 28.3 Å². The third-order valence-corrected chi connectivity index (χ3v) is 5.75. The summed E-state index contributed by atoms with van der Waals surface area (Å²) in [5.41, 5.74) is 4.89. The first-order valence-corrected chi connectivity index (χ1v) is 8.33. The molecule has 10 heteroatoms. The first-order chi connectivity index (χ1) is 10.8. The van der Waals surface area contributed by atoms with Gasteiger partial charge in [0.1, 0.15) is 10.6 Å². The molecule has 1 saturated heterocycles. The van der Waals surface area contributed by atoms with Crippen LogP contribution in [0.2, 0.25) is 0 Å².